The molecule has 3 N–H and O–H groups in total. The van der Waals surface area contributed by atoms with Crippen LogP contribution < -0.4 is 11.2 Å². The van der Waals surface area contributed by atoms with Crippen LogP contribution in [0.5, 0.6) is 0 Å². The molecule has 1 aromatic carbocycles. The number of nitrogens with zero attached hydrogens (tertiary/aromatic N) is 3. The van der Waals surface area contributed by atoms with Crippen molar-refractivity contribution in [2.24, 2.45) is 0 Å². The first-order valence-corrected chi connectivity index (χ1v) is 9.36. The van der Waals surface area contributed by atoms with Gasteiger partial charge < -0.3 is 15.9 Å². The molecule has 1 aromatic heterocycles. The number of nitrogens with one attached hydrogen (secondary N) is 1. The summed E-state index contributed by atoms with van der Waals surface area (Å²) < 4.78 is 6.35. The lowest BCUT2D eigenvalue weighted by Gasteiger charge is -2.19. The number of aromatic nitrogens is 3. The molecule has 0 saturated carbocycles. The molecule has 0 aliphatic rings. The molecule has 1 atom stereocenters. The molecule has 2 rings (SSSR count). The molecule has 0 unspecified atom stereocenters. The van der Waals surface area contributed by atoms with Gasteiger partial charge in [0.15, 0.2) is 5.82 Å². The normalized spacial score (nSPS) is 12.8. The first kappa shape index (κ1) is 20.3. The quantitative estimate of drug-likeness (QED) is 0.436. The van der Waals surface area contributed by atoms with E-state index in [2.05, 4.69) is 48.4 Å². The Morgan fingerprint density at radius 2 is 1.96 bits per heavy atom. The molecule has 0 saturated heterocycles. The van der Waals surface area contributed by atoms with E-state index in [4.69, 9.17) is 10.6 Å². The monoisotopic (exact) mass is 377 g/mol. The fourth-order valence-corrected chi connectivity index (χ4v) is 3.10. The SMILES string of the molecule is COCCNC(=O)[C@H](C)Sc1nnc(-c2ccc(C(C)(C)C)cc2)n1N. The van der Waals surface area contributed by atoms with Crippen molar-refractivity contribution in [3.63, 3.8) is 0 Å². The Morgan fingerprint density at radius 3 is 2.54 bits per heavy atom. The number of hydrogen-bond acceptors (Lipinski definition) is 6. The smallest absolute Gasteiger partial charge is 0.233 e. The number of rotatable bonds is 7. The summed E-state index contributed by atoms with van der Waals surface area (Å²) in [4.78, 5) is 12.1. The molecule has 7 nitrogen and oxygen atoms in total. The fourth-order valence-electron chi connectivity index (χ4n) is 2.31. The zero-order valence-electron chi connectivity index (χ0n) is 15.9. The highest BCUT2D eigenvalue weighted by Crippen LogP contribution is 2.27. The summed E-state index contributed by atoms with van der Waals surface area (Å²) in [6.45, 7) is 9.26. The first-order valence-electron chi connectivity index (χ1n) is 8.48. The molecule has 0 fully saturated rings. The minimum Gasteiger partial charge on any atom is -0.383 e. The zero-order chi connectivity index (χ0) is 19.3. The molecule has 1 heterocycles. The third-order valence-corrected chi connectivity index (χ3v) is 4.99. The summed E-state index contributed by atoms with van der Waals surface area (Å²) >= 11 is 1.27. The maximum atomic E-state index is 12.1. The Morgan fingerprint density at radius 1 is 1.31 bits per heavy atom. The lowest BCUT2D eigenvalue weighted by molar-refractivity contribution is -0.120. The van der Waals surface area contributed by atoms with E-state index < -0.39 is 0 Å². The predicted octanol–water partition coefficient (Wildman–Crippen LogP) is 2.20. The Bertz CT molecular complexity index is 737. The van der Waals surface area contributed by atoms with Crippen LogP contribution in [0.1, 0.15) is 33.3 Å². The zero-order valence-corrected chi connectivity index (χ0v) is 16.8. The highest BCUT2D eigenvalue weighted by atomic mass is 32.2. The van der Waals surface area contributed by atoms with Gasteiger partial charge in [0.1, 0.15) is 0 Å². The van der Waals surface area contributed by atoms with Crippen molar-refractivity contribution in [2.45, 2.75) is 43.5 Å². The number of nitrogen functional groups attached to an aromatic ring is 1. The molecule has 0 spiro atoms. The standard InChI is InChI=1S/C18H27N5O2S/c1-12(16(24)20-10-11-25-5)26-17-22-21-15(23(17)19)13-6-8-14(9-7-13)18(2,3)4/h6-9,12H,10-11,19H2,1-5H3,(H,20,24)/t12-/m0/s1. The highest BCUT2D eigenvalue weighted by molar-refractivity contribution is 8.00. The number of nitrogens with two attached hydrogens (primary N) is 1. The molecule has 2 aromatic rings. The molecule has 0 aliphatic heterocycles. The molecule has 0 aliphatic carbocycles. The summed E-state index contributed by atoms with van der Waals surface area (Å²) in [6, 6.07) is 8.12. The molecule has 142 valence electrons. The number of hydrogen-bond donors (Lipinski definition) is 2. The van der Waals surface area contributed by atoms with Crippen molar-refractivity contribution in [1.82, 2.24) is 20.2 Å². The average molecular weight is 378 g/mol. The number of carbonyl (C=O) groups excluding carboxylic acids is 1. The topological polar surface area (TPSA) is 95.1 Å². The second-order valence-electron chi connectivity index (χ2n) is 7.05. The molecule has 26 heavy (non-hydrogen) atoms. The van der Waals surface area contributed by atoms with Gasteiger partial charge in [0.05, 0.1) is 11.9 Å². The minimum atomic E-state index is -0.338. The lowest BCUT2D eigenvalue weighted by Crippen LogP contribution is -2.33. The molecule has 0 radical (unpaired) electrons. The van der Waals surface area contributed by atoms with Gasteiger partial charge >= 0.3 is 0 Å². The third-order valence-electron chi connectivity index (χ3n) is 3.93. The number of thioether (sulfide) groups is 1. The van der Waals surface area contributed by atoms with E-state index in [1.807, 2.05) is 12.1 Å². The molecular weight excluding hydrogens is 350 g/mol. The first-order chi connectivity index (χ1) is 12.2. The van der Waals surface area contributed by atoms with Gasteiger partial charge in [0, 0.05) is 19.2 Å². The van der Waals surface area contributed by atoms with Gasteiger partial charge in [-0.3, -0.25) is 4.79 Å². The lowest BCUT2D eigenvalue weighted by atomic mass is 9.87. The third kappa shape index (κ3) is 4.98. The van der Waals surface area contributed by atoms with Crippen molar-refractivity contribution in [1.29, 1.82) is 0 Å². The molecule has 0 bridgehead atoms. The second-order valence-corrected chi connectivity index (χ2v) is 8.36. The van der Waals surface area contributed by atoms with Crippen molar-refractivity contribution in [3.8, 4) is 11.4 Å². The fraction of sp³-hybridized carbons (Fsp3) is 0.500. The Hall–Kier alpha value is -2.06. The Balaban J connectivity index is 2.08. The molecule has 1 amide bonds. The van der Waals surface area contributed by atoms with Crippen LogP contribution in [0, 0.1) is 0 Å². The summed E-state index contributed by atoms with van der Waals surface area (Å²) in [7, 11) is 1.59. The van der Waals surface area contributed by atoms with E-state index in [1.54, 1.807) is 14.0 Å². The van der Waals surface area contributed by atoms with Gasteiger partial charge in [-0.15, -0.1) is 10.2 Å². The van der Waals surface area contributed by atoms with Crippen LogP contribution in [0.25, 0.3) is 11.4 Å². The number of amides is 1. The van der Waals surface area contributed by atoms with E-state index in [-0.39, 0.29) is 16.6 Å². The van der Waals surface area contributed by atoms with E-state index >= 15 is 0 Å². The van der Waals surface area contributed by atoms with Crippen LogP contribution in [0.4, 0.5) is 0 Å². The van der Waals surface area contributed by atoms with Gasteiger partial charge in [0.2, 0.25) is 11.1 Å². The summed E-state index contributed by atoms with van der Waals surface area (Å²) in [6.07, 6.45) is 0. The van der Waals surface area contributed by atoms with Crippen LogP contribution in [-0.4, -0.2) is 46.3 Å². The minimum absolute atomic E-state index is 0.0849. The van der Waals surface area contributed by atoms with Gasteiger partial charge in [-0.05, 0) is 17.9 Å². The predicted molar refractivity (Wildman–Crippen MR) is 105 cm³/mol. The van der Waals surface area contributed by atoms with Crippen LogP contribution >= 0.6 is 11.8 Å². The highest BCUT2D eigenvalue weighted by Gasteiger charge is 2.20. The van der Waals surface area contributed by atoms with Crippen LogP contribution in [0.15, 0.2) is 29.4 Å². The second kappa shape index (κ2) is 8.55. The van der Waals surface area contributed by atoms with Crippen LogP contribution in [-0.2, 0) is 14.9 Å². The van der Waals surface area contributed by atoms with E-state index in [9.17, 15) is 4.79 Å². The van der Waals surface area contributed by atoms with Crippen LogP contribution in [0.2, 0.25) is 0 Å². The Kier molecular flexibility index (Phi) is 6.66. The average Bonchev–Trinajstić information content (AvgIpc) is 2.95. The van der Waals surface area contributed by atoms with Gasteiger partial charge in [0.25, 0.3) is 0 Å². The van der Waals surface area contributed by atoms with Crippen molar-refractivity contribution in [2.75, 3.05) is 26.1 Å². The van der Waals surface area contributed by atoms with E-state index in [1.165, 1.54) is 22.0 Å². The molecular formula is C18H27N5O2S. The largest absolute Gasteiger partial charge is 0.383 e. The van der Waals surface area contributed by atoms with Gasteiger partial charge in [-0.25, -0.2) is 4.68 Å². The number of ether oxygens (including phenoxy) is 1. The number of benzene rings is 1. The number of methoxy groups -OCH3 is 1. The summed E-state index contributed by atoms with van der Waals surface area (Å²) in [5, 5.41) is 11.3. The Labute approximate surface area is 158 Å². The maximum absolute atomic E-state index is 12.1. The van der Waals surface area contributed by atoms with Gasteiger partial charge in [-0.2, -0.15) is 0 Å². The summed E-state index contributed by atoms with van der Waals surface area (Å²) in [5.74, 6) is 6.63. The molecule has 8 heteroatoms. The van der Waals surface area contributed by atoms with Gasteiger partial charge in [-0.1, -0.05) is 56.8 Å². The van der Waals surface area contributed by atoms with E-state index in [0.717, 1.165) is 5.56 Å². The van der Waals surface area contributed by atoms with Crippen molar-refractivity contribution in [3.05, 3.63) is 29.8 Å². The maximum Gasteiger partial charge on any atom is 0.233 e. The number of carbonyl (C=O) groups is 1. The summed E-state index contributed by atoms with van der Waals surface area (Å²) in [5.41, 5.74) is 2.21. The van der Waals surface area contributed by atoms with Crippen molar-refractivity contribution < 1.29 is 9.53 Å². The van der Waals surface area contributed by atoms with E-state index in [0.29, 0.717) is 24.1 Å². The van der Waals surface area contributed by atoms with Crippen LogP contribution in [0.3, 0.4) is 0 Å². The van der Waals surface area contributed by atoms with Crippen molar-refractivity contribution >= 4 is 17.7 Å².